The van der Waals surface area contributed by atoms with Crippen molar-refractivity contribution in [2.75, 3.05) is 13.1 Å². The van der Waals surface area contributed by atoms with E-state index in [9.17, 15) is 9.59 Å². The van der Waals surface area contributed by atoms with Gasteiger partial charge in [-0.3, -0.25) is 14.7 Å². The van der Waals surface area contributed by atoms with Crippen molar-refractivity contribution < 1.29 is 9.59 Å². The van der Waals surface area contributed by atoms with E-state index in [-0.39, 0.29) is 17.6 Å². The Morgan fingerprint density at radius 3 is 2.71 bits per heavy atom. The molecule has 0 atom stereocenters. The molecule has 1 amide bonds. The van der Waals surface area contributed by atoms with Gasteiger partial charge in [-0.2, -0.15) is 5.10 Å². The first kappa shape index (κ1) is 17.6. The average molecular weight is 395 g/mol. The predicted octanol–water partition coefficient (Wildman–Crippen LogP) is 3.63. The normalized spacial score (nSPS) is 17.6. The van der Waals surface area contributed by atoms with Gasteiger partial charge in [0, 0.05) is 30.3 Å². The molecule has 28 heavy (non-hydrogen) atoms. The van der Waals surface area contributed by atoms with Crippen molar-refractivity contribution in [2.45, 2.75) is 38.5 Å². The van der Waals surface area contributed by atoms with Crippen molar-refractivity contribution >= 4 is 33.2 Å². The van der Waals surface area contributed by atoms with E-state index in [1.807, 2.05) is 29.2 Å². The highest BCUT2D eigenvalue weighted by Crippen LogP contribution is 2.29. The van der Waals surface area contributed by atoms with Gasteiger partial charge in [-0.25, -0.2) is 4.98 Å². The van der Waals surface area contributed by atoms with Crippen LogP contribution in [-0.4, -0.2) is 44.9 Å². The maximum absolute atomic E-state index is 12.9. The number of ketones is 1. The SMILES string of the molecule is O=C(c1nc2ccccc2s1)C1CCN(C(=O)c2n[nH]c3c2CCCC3)CC1. The number of piperidine rings is 1. The van der Waals surface area contributed by atoms with Gasteiger partial charge in [-0.05, 0) is 50.7 Å². The van der Waals surface area contributed by atoms with Crippen LogP contribution in [-0.2, 0) is 12.8 Å². The molecule has 0 spiro atoms. The Bertz CT molecular complexity index is 1010. The number of fused-ring (bicyclic) bond motifs is 2. The van der Waals surface area contributed by atoms with Gasteiger partial charge in [0.1, 0.15) is 0 Å². The fraction of sp³-hybridized carbons (Fsp3) is 0.429. The molecule has 1 aliphatic carbocycles. The molecule has 5 rings (SSSR count). The van der Waals surface area contributed by atoms with Crippen LogP contribution in [0.15, 0.2) is 24.3 Å². The third-order valence-corrected chi connectivity index (χ3v) is 6.97. The van der Waals surface area contributed by atoms with Crippen LogP contribution in [0.3, 0.4) is 0 Å². The van der Waals surface area contributed by atoms with E-state index >= 15 is 0 Å². The molecule has 1 aliphatic heterocycles. The summed E-state index contributed by atoms with van der Waals surface area (Å²) in [5.74, 6) is 0.0634. The van der Waals surface area contributed by atoms with E-state index in [2.05, 4.69) is 15.2 Å². The molecule has 144 valence electrons. The van der Waals surface area contributed by atoms with Gasteiger partial charge in [0.05, 0.1) is 10.2 Å². The standard InChI is InChI=1S/C21H22N4O2S/c26-19(20-22-16-7-3-4-8-17(16)28-20)13-9-11-25(12-10-13)21(27)18-14-5-1-2-6-15(14)23-24-18/h3-4,7-8,13H,1-2,5-6,9-12H2,(H,23,24). The molecule has 3 heterocycles. The second kappa shape index (κ2) is 7.13. The van der Waals surface area contributed by atoms with Gasteiger partial charge < -0.3 is 4.90 Å². The van der Waals surface area contributed by atoms with E-state index in [1.54, 1.807) is 0 Å². The van der Waals surface area contributed by atoms with Crippen molar-refractivity contribution in [1.29, 1.82) is 0 Å². The molecule has 1 aromatic carbocycles. The lowest BCUT2D eigenvalue weighted by Gasteiger charge is -2.30. The lowest BCUT2D eigenvalue weighted by atomic mass is 9.92. The molecule has 1 N–H and O–H groups in total. The highest BCUT2D eigenvalue weighted by atomic mass is 32.1. The van der Waals surface area contributed by atoms with Crippen LogP contribution in [0.1, 0.15) is 57.2 Å². The number of benzene rings is 1. The Kier molecular flexibility index (Phi) is 4.47. The number of aromatic amines is 1. The summed E-state index contributed by atoms with van der Waals surface area (Å²) in [5, 5.41) is 7.95. The Hall–Kier alpha value is -2.54. The highest BCUT2D eigenvalue weighted by molar-refractivity contribution is 7.20. The molecule has 0 bridgehead atoms. The zero-order chi connectivity index (χ0) is 19.1. The van der Waals surface area contributed by atoms with Crippen LogP contribution < -0.4 is 0 Å². The number of amides is 1. The maximum atomic E-state index is 12.9. The summed E-state index contributed by atoms with van der Waals surface area (Å²) in [5.41, 5.74) is 3.69. The largest absolute Gasteiger partial charge is 0.337 e. The number of nitrogens with zero attached hydrogens (tertiary/aromatic N) is 3. The van der Waals surface area contributed by atoms with E-state index in [0.29, 0.717) is 36.6 Å². The van der Waals surface area contributed by atoms with Gasteiger partial charge in [0.15, 0.2) is 16.5 Å². The van der Waals surface area contributed by atoms with Crippen LogP contribution in [0.4, 0.5) is 0 Å². The zero-order valence-electron chi connectivity index (χ0n) is 15.6. The third-order valence-electron chi connectivity index (χ3n) is 5.92. The van der Waals surface area contributed by atoms with Crippen LogP contribution in [0, 0.1) is 5.92 Å². The summed E-state index contributed by atoms with van der Waals surface area (Å²) in [6.07, 6.45) is 5.56. The first-order chi connectivity index (χ1) is 13.7. The first-order valence-electron chi connectivity index (χ1n) is 9.96. The molecular weight excluding hydrogens is 372 g/mol. The van der Waals surface area contributed by atoms with Crippen molar-refractivity contribution in [2.24, 2.45) is 5.92 Å². The number of Topliss-reactive ketones (excluding diaryl/α,β-unsaturated/α-hetero) is 1. The summed E-state index contributed by atoms with van der Waals surface area (Å²) in [7, 11) is 0. The topological polar surface area (TPSA) is 79.0 Å². The Morgan fingerprint density at radius 1 is 1.11 bits per heavy atom. The minimum absolute atomic E-state index is 0.00489. The molecule has 1 fully saturated rings. The number of rotatable bonds is 3. The highest BCUT2D eigenvalue weighted by Gasteiger charge is 2.32. The molecule has 3 aromatic rings. The Labute approximate surface area is 167 Å². The van der Waals surface area contributed by atoms with Gasteiger partial charge >= 0.3 is 0 Å². The number of hydrogen-bond acceptors (Lipinski definition) is 5. The second-order valence-corrected chi connectivity index (χ2v) is 8.68. The average Bonchev–Trinajstić information content (AvgIpc) is 3.37. The molecule has 1 saturated heterocycles. The van der Waals surface area contributed by atoms with Crippen LogP contribution >= 0.6 is 11.3 Å². The van der Waals surface area contributed by atoms with Crippen molar-refractivity contribution in [3.63, 3.8) is 0 Å². The number of hydrogen-bond donors (Lipinski definition) is 1. The second-order valence-electron chi connectivity index (χ2n) is 7.65. The number of carbonyl (C=O) groups is 2. The summed E-state index contributed by atoms with van der Waals surface area (Å²) in [4.78, 5) is 32.2. The number of aryl methyl sites for hydroxylation is 1. The molecule has 2 aliphatic rings. The quantitative estimate of drug-likeness (QED) is 0.688. The molecule has 7 heteroatoms. The summed E-state index contributed by atoms with van der Waals surface area (Å²) >= 11 is 1.46. The lowest BCUT2D eigenvalue weighted by molar-refractivity contribution is 0.0644. The number of thiazole rings is 1. The number of H-pyrrole nitrogens is 1. The monoisotopic (exact) mass is 394 g/mol. The van der Waals surface area contributed by atoms with Crippen molar-refractivity contribution in [3.05, 3.63) is 46.2 Å². The van der Waals surface area contributed by atoms with E-state index in [4.69, 9.17) is 0 Å². The number of para-hydroxylation sites is 1. The summed E-state index contributed by atoms with van der Waals surface area (Å²) in [6.45, 7) is 1.20. The molecule has 2 aromatic heterocycles. The number of likely N-dealkylation sites (tertiary alicyclic amines) is 1. The maximum Gasteiger partial charge on any atom is 0.274 e. The number of nitrogens with one attached hydrogen (secondary N) is 1. The number of aromatic nitrogens is 3. The third kappa shape index (κ3) is 3.03. The fourth-order valence-corrected chi connectivity index (χ4v) is 5.29. The molecule has 0 unspecified atom stereocenters. The molecule has 0 radical (unpaired) electrons. The minimum Gasteiger partial charge on any atom is -0.337 e. The van der Waals surface area contributed by atoms with Gasteiger partial charge in [0.25, 0.3) is 5.91 Å². The van der Waals surface area contributed by atoms with Gasteiger partial charge in [-0.15, -0.1) is 11.3 Å². The van der Waals surface area contributed by atoms with E-state index in [0.717, 1.165) is 47.2 Å². The summed E-state index contributed by atoms with van der Waals surface area (Å²) in [6, 6.07) is 7.84. The van der Waals surface area contributed by atoms with Crippen molar-refractivity contribution in [3.8, 4) is 0 Å². The first-order valence-corrected chi connectivity index (χ1v) is 10.8. The van der Waals surface area contributed by atoms with Crippen molar-refractivity contribution in [1.82, 2.24) is 20.1 Å². The fourth-order valence-electron chi connectivity index (χ4n) is 4.30. The Balaban J connectivity index is 1.26. The Morgan fingerprint density at radius 2 is 1.89 bits per heavy atom. The molecule has 0 saturated carbocycles. The smallest absolute Gasteiger partial charge is 0.274 e. The molecular formula is C21H22N4O2S. The van der Waals surface area contributed by atoms with Gasteiger partial charge in [-0.1, -0.05) is 12.1 Å². The van der Waals surface area contributed by atoms with Gasteiger partial charge in [0.2, 0.25) is 0 Å². The van der Waals surface area contributed by atoms with Crippen LogP contribution in [0.25, 0.3) is 10.2 Å². The van der Waals surface area contributed by atoms with Crippen LogP contribution in [0.5, 0.6) is 0 Å². The minimum atomic E-state index is -0.0577. The molecule has 6 nitrogen and oxygen atoms in total. The lowest BCUT2D eigenvalue weighted by Crippen LogP contribution is -2.40. The zero-order valence-corrected chi connectivity index (χ0v) is 16.4. The van der Waals surface area contributed by atoms with E-state index < -0.39 is 0 Å². The number of carbonyl (C=O) groups excluding carboxylic acids is 2. The van der Waals surface area contributed by atoms with E-state index in [1.165, 1.54) is 11.3 Å². The predicted molar refractivity (Wildman–Crippen MR) is 108 cm³/mol. The summed E-state index contributed by atoms with van der Waals surface area (Å²) < 4.78 is 1.04. The van der Waals surface area contributed by atoms with Crippen LogP contribution in [0.2, 0.25) is 0 Å².